The lowest BCUT2D eigenvalue weighted by Crippen LogP contribution is -2.35. The number of carbonyl (C=O) groups excluding carboxylic acids is 5. The average Bonchev–Trinajstić information content (AvgIpc) is 3.66. The molecule has 380 valence electrons. The van der Waals surface area contributed by atoms with E-state index in [-0.39, 0.29) is 36.3 Å². The van der Waals surface area contributed by atoms with Crippen molar-refractivity contribution in [3.8, 4) is 0 Å². The van der Waals surface area contributed by atoms with Crippen molar-refractivity contribution in [1.82, 2.24) is 9.80 Å². The molecule has 1 aliphatic heterocycles. The summed E-state index contributed by atoms with van der Waals surface area (Å²) >= 11 is 1.37. The molecule has 0 saturated heterocycles. The molecule has 0 bridgehead atoms. The van der Waals surface area contributed by atoms with Gasteiger partial charge in [-0.2, -0.15) is 0 Å². The van der Waals surface area contributed by atoms with E-state index >= 15 is 0 Å². The minimum Gasteiger partial charge on any atom is -0.466 e. The number of nitrogens with zero attached hydrogens (tertiary/aromatic N) is 2. The van der Waals surface area contributed by atoms with Gasteiger partial charge in [-0.05, 0) is 83.9 Å². The van der Waals surface area contributed by atoms with Crippen LogP contribution in [0.15, 0.2) is 0 Å². The van der Waals surface area contributed by atoms with Gasteiger partial charge in [-0.1, -0.05) is 149 Å². The highest BCUT2D eigenvalue weighted by atomic mass is 32.1. The third kappa shape index (κ3) is 27.7. The monoisotopic (exact) mass is 946 g/mol. The zero-order valence-electron chi connectivity index (χ0n) is 42.7. The molecule has 1 aliphatic rings. The van der Waals surface area contributed by atoms with Crippen LogP contribution in [0.25, 0.3) is 0 Å². The SMILES string of the molecule is CCCCCCCCCOC(=O)CCCCCCC(=O)Nc1sc2c(c1C(=O)OCCCN(C)C)CCN(C(=O)CCCCCOC(=O)C(CCCCCCCC)CCCCCCCC)C2. The van der Waals surface area contributed by atoms with E-state index in [1.807, 2.05) is 23.9 Å². The predicted molar refractivity (Wildman–Crippen MR) is 271 cm³/mol. The first-order valence-corrected chi connectivity index (χ1v) is 27.8. The van der Waals surface area contributed by atoms with Crippen molar-refractivity contribution in [3.05, 3.63) is 16.0 Å². The van der Waals surface area contributed by atoms with Crippen molar-refractivity contribution >= 4 is 46.1 Å². The summed E-state index contributed by atoms with van der Waals surface area (Å²) in [7, 11) is 3.96. The molecule has 0 radical (unpaired) electrons. The smallest absolute Gasteiger partial charge is 0.341 e. The summed E-state index contributed by atoms with van der Waals surface area (Å²) in [5.41, 5.74) is 1.29. The fourth-order valence-corrected chi connectivity index (χ4v) is 9.95. The molecule has 12 heteroatoms. The van der Waals surface area contributed by atoms with Gasteiger partial charge >= 0.3 is 17.9 Å². The van der Waals surface area contributed by atoms with E-state index in [4.69, 9.17) is 14.2 Å². The highest BCUT2D eigenvalue weighted by molar-refractivity contribution is 7.17. The topological polar surface area (TPSA) is 132 Å². The number of fused-ring (bicyclic) bond motifs is 1. The lowest BCUT2D eigenvalue weighted by molar-refractivity contribution is -0.149. The summed E-state index contributed by atoms with van der Waals surface area (Å²) < 4.78 is 16.9. The normalized spacial score (nSPS) is 12.4. The van der Waals surface area contributed by atoms with E-state index in [1.165, 1.54) is 108 Å². The van der Waals surface area contributed by atoms with Crippen LogP contribution in [0.5, 0.6) is 0 Å². The summed E-state index contributed by atoms with van der Waals surface area (Å²) in [5.74, 6) is -0.707. The lowest BCUT2D eigenvalue weighted by Gasteiger charge is -2.27. The van der Waals surface area contributed by atoms with E-state index < -0.39 is 5.97 Å². The maximum absolute atomic E-state index is 13.5. The van der Waals surface area contributed by atoms with Gasteiger partial charge in [0.1, 0.15) is 5.00 Å². The van der Waals surface area contributed by atoms with Gasteiger partial charge in [0.15, 0.2) is 0 Å². The van der Waals surface area contributed by atoms with E-state index in [0.29, 0.717) is 75.4 Å². The van der Waals surface area contributed by atoms with Gasteiger partial charge in [-0.15, -0.1) is 11.3 Å². The Balaban J connectivity index is 1.82. The predicted octanol–water partition coefficient (Wildman–Crippen LogP) is 13.5. The summed E-state index contributed by atoms with van der Waals surface area (Å²) in [5, 5.41) is 3.52. The van der Waals surface area contributed by atoms with E-state index in [9.17, 15) is 24.0 Å². The van der Waals surface area contributed by atoms with Crippen LogP contribution in [-0.4, -0.2) is 86.5 Å². The van der Waals surface area contributed by atoms with Gasteiger partial charge in [-0.3, -0.25) is 19.2 Å². The van der Waals surface area contributed by atoms with Crippen LogP contribution in [0.4, 0.5) is 5.00 Å². The van der Waals surface area contributed by atoms with Gasteiger partial charge in [0.05, 0.1) is 37.8 Å². The van der Waals surface area contributed by atoms with Crippen molar-refractivity contribution in [3.63, 3.8) is 0 Å². The largest absolute Gasteiger partial charge is 0.466 e. The van der Waals surface area contributed by atoms with Crippen LogP contribution in [0, 0.1) is 5.92 Å². The number of hydrogen-bond acceptors (Lipinski definition) is 10. The van der Waals surface area contributed by atoms with Gasteiger partial charge in [0.2, 0.25) is 11.8 Å². The number of ether oxygens (including phenoxy) is 3. The molecule has 0 spiro atoms. The van der Waals surface area contributed by atoms with Crippen LogP contribution in [0.3, 0.4) is 0 Å². The van der Waals surface area contributed by atoms with Crippen LogP contribution in [0.2, 0.25) is 0 Å². The number of thiophene rings is 1. The van der Waals surface area contributed by atoms with Crippen LogP contribution in [-0.2, 0) is 46.4 Å². The second-order valence-corrected chi connectivity index (χ2v) is 20.3. The first-order chi connectivity index (χ1) is 32.1. The average molecular weight is 946 g/mol. The Bertz CT molecular complexity index is 1450. The maximum atomic E-state index is 13.5. The first kappa shape index (κ1) is 59.1. The highest BCUT2D eigenvalue weighted by Gasteiger charge is 2.31. The Morgan fingerprint density at radius 3 is 1.70 bits per heavy atom. The first-order valence-electron chi connectivity index (χ1n) is 27.0. The van der Waals surface area contributed by atoms with Gasteiger partial charge in [-0.25, -0.2) is 4.79 Å². The number of unbranched alkanes of at least 4 members (excludes halogenated alkanes) is 21. The molecule has 0 unspecified atom stereocenters. The van der Waals surface area contributed by atoms with Crippen molar-refractivity contribution in [2.75, 3.05) is 52.3 Å². The summed E-state index contributed by atoms with van der Waals surface area (Å²) in [4.78, 5) is 70.3. The second kappa shape index (κ2) is 38.9. The minimum absolute atomic E-state index is 0.00599. The standard InChI is InChI=1S/C54H95N3O8S/c1-6-9-12-15-18-23-30-41-63-50(60)37-29-22-21-27-35-48(58)55-52-51(54(62)65-43-32-39-56(4)5)46-38-40-57(44-47(46)66-52)49(59)36-28-24-31-42-64-53(61)45(33-25-19-16-13-10-7-2)34-26-20-17-14-11-8-3/h45H,6-44H2,1-5H3,(H,55,58). The molecule has 11 nitrogen and oxygen atoms in total. The third-order valence-corrected chi connectivity index (χ3v) is 14.0. The van der Waals surface area contributed by atoms with E-state index in [2.05, 4.69) is 26.1 Å². The van der Waals surface area contributed by atoms with Crippen LogP contribution < -0.4 is 5.32 Å². The molecule has 1 aromatic rings. The quantitative estimate of drug-likeness (QED) is 0.0386. The zero-order valence-corrected chi connectivity index (χ0v) is 43.5. The van der Waals surface area contributed by atoms with Gasteiger partial charge < -0.3 is 29.3 Å². The number of carbonyl (C=O) groups is 5. The second-order valence-electron chi connectivity index (χ2n) is 19.2. The fourth-order valence-electron chi connectivity index (χ4n) is 8.68. The minimum atomic E-state index is -0.433. The van der Waals surface area contributed by atoms with Gasteiger partial charge in [0, 0.05) is 37.2 Å². The number of esters is 3. The molecular weight excluding hydrogens is 851 g/mol. The number of amides is 2. The zero-order chi connectivity index (χ0) is 48.0. The molecule has 2 amide bonds. The van der Waals surface area contributed by atoms with Gasteiger partial charge in [0.25, 0.3) is 0 Å². The van der Waals surface area contributed by atoms with E-state index in [1.54, 1.807) is 0 Å². The molecule has 0 fully saturated rings. The number of anilines is 1. The van der Waals surface area contributed by atoms with Crippen LogP contribution >= 0.6 is 11.3 Å². The molecule has 0 saturated carbocycles. The summed E-state index contributed by atoms with van der Waals surface area (Å²) in [6.45, 7) is 9.55. The fraction of sp³-hybridized carbons (Fsp3) is 0.833. The van der Waals surface area contributed by atoms with Crippen LogP contribution in [0.1, 0.15) is 247 Å². The highest BCUT2D eigenvalue weighted by Crippen LogP contribution is 2.38. The van der Waals surface area contributed by atoms with Crippen molar-refractivity contribution in [2.45, 2.75) is 239 Å². The number of rotatable bonds is 42. The molecule has 0 atom stereocenters. The Hall–Kier alpha value is -2.99. The number of hydrogen-bond donors (Lipinski definition) is 1. The van der Waals surface area contributed by atoms with Crippen molar-refractivity contribution in [1.29, 1.82) is 0 Å². The molecular formula is C54H95N3O8S. The molecule has 2 rings (SSSR count). The lowest BCUT2D eigenvalue weighted by atomic mass is 9.94. The molecule has 1 aromatic heterocycles. The van der Waals surface area contributed by atoms with E-state index in [0.717, 1.165) is 94.0 Å². The Morgan fingerprint density at radius 2 is 1.09 bits per heavy atom. The number of nitrogens with one attached hydrogen (secondary N) is 1. The van der Waals surface area contributed by atoms with Crippen molar-refractivity contribution in [2.24, 2.45) is 5.92 Å². The molecule has 0 aromatic carbocycles. The molecule has 0 aliphatic carbocycles. The Morgan fingerprint density at radius 1 is 0.591 bits per heavy atom. The third-order valence-electron chi connectivity index (χ3n) is 12.8. The van der Waals surface area contributed by atoms with Crippen molar-refractivity contribution < 1.29 is 38.2 Å². The summed E-state index contributed by atoms with van der Waals surface area (Å²) in [6.07, 6.45) is 32.5. The Kier molecular flexibility index (Phi) is 34.9. The molecule has 66 heavy (non-hydrogen) atoms. The Labute approximate surface area is 406 Å². The molecule has 1 N–H and O–H groups in total. The molecule has 2 heterocycles. The maximum Gasteiger partial charge on any atom is 0.341 e. The summed E-state index contributed by atoms with van der Waals surface area (Å²) in [6, 6.07) is 0.